The molecule has 72 valence electrons. The summed E-state index contributed by atoms with van der Waals surface area (Å²) in [7, 11) is 0. The molecule has 2 heterocycles. The number of carbonyl (C=O) groups is 1. The van der Waals surface area contributed by atoms with Crippen LogP contribution in [0.2, 0.25) is 0 Å². The minimum atomic E-state index is -1.11. The minimum absolute atomic E-state index is 0.108. The lowest BCUT2D eigenvalue weighted by Gasteiger charge is -1.98. The van der Waals surface area contributed by atoms with E-state index in [1.54, 1.807) is 0 Å². The van der Waals surface area contributed by atoms with Crippen LogP contribution >= 0.6 is 0 Å². The maximum Gasteiger partial charge on any atom is 0.323 e. The Labute approximate surface area is 76.6 Å². The first-order valence-corrected chi connectivity index (χ1v) is 3.70. The van der Waals surface area contributed by atoms with Crippen molar-refractivity contribution in [1.82, 2.24) is 14.7 Å². The zero-order chi connectivity index (χ0) is 10.1. The normalized spacial score (nSPS) is 10.6. The topological polar surface area (TPSA) is 98.2 Å². The Morgan fingerprint density at radius 3 is 3.14 bits per heavy atom. The summed E-state index contributed by atoms with van der Waals surface area (Å²) in [5, 5.41) is 12.0. The number of fused-ring (bicyclic) bond motifs is 1. The molecule has 0 bridgehead atoms. The van der Waals surface area contributed by atoms with Crippen LogP contribution < -0.4 is 5.56 Å². The van der Waals surface area contributed by atoms with Crippen molar-refractivity contribution < 1.29 is 14.4 Å². The van der Waals surface area contributed by atoms with E-state index >= 15 is 0 Å². The van der Waals surface area contributed by atoms with E-state index in [9.17, 15) is 9.59 Å². The fraction of sp³-hybridized carbons (Fsp3) is 0.143. The van der Waals surface area contributed by atoms with Gasteiger partial charge < -0.3 is 9.63 Å². The fourth-order valence-corrected chi connectivity index (χ4v) is 1.06. The first kappa shape index (κ1) is 8.42. The molecule has 0 atom stereocenters. The fourth-order valence-electron chi connectivity index (χ4n) is 1.06. The van der Waals surface area contributed by atoms with E-state index in [2.05, 4.69) is 14.7 Å². The third-order valence-corrected chi connectivity index (χ3v) is 1.66. The first-order valence-electron chi connectivity index (χ1n) is 3.70. The number of hydrogen-bond acceptors (Lipinski definition) is 5. The summed E-state index contributed by atoms with van der Waals surface area (Å²) >= 11 is 0. The van der Waals surface area contributed by atoms with Gasteiger partial charge in [0.05, 0.1) is 6.20 Å². The van der Waals surface area contributed by atoms with Crippen molar-refractivity contribution in [2.75, 3.05) is 0 Å². The molecule has 1 N–H and O–H groups in total. The maximum absolute atomic E-state index is 11.5. The highest BCUT2D eigenvalue weighted by Crippen LogP contribution is 2.02. The zero-order valence-electron chi connectivity index (χ0n) is 6.88. The molecule has 2 rings (SSSR count). The summed E-state index contributed by atoms with van der Waals surface area (Å²) in [6.45, 7) is -0.424. The van der Waals surface area contributed by atoms with Gasteiger partial charge in [0.1, 0.15) is 18.3 Å². The van der Waals surface area contributed by atoms with Crippen molar-refractivity contribution in [3.8, 4) is 0 Å². The van der Waals surface area contributed by atoms with Crippen LogP contribution in [-0.4, -0.2) is 25.8 Å². The van der Waals surface area contributed by atoms with Crippen molar-refractivity contribution in [2.24, 2.45) is 0 Å². The number of aliphatic carboxylic acids is 1. The smallest absolute Gasteiger partial charge is 0.323 e. The van der Waals surface area contributed by atoms with E-state index in [0.29, 0.717) is 0 Å². The highest BCUT2D eigenvalue weighted by atomic mass is 16.5. The van der Waals surface area contributed by atoms with Gasteiger partial charge in [-0.15, -0.1) is 0 Å². The molecule has 0 spiro atoms. The average molecular weight is 195 g/mol. The van der Waals surface area contributed by atoms with E-state index in [-0.39, 0.29) is 11.1 Å². The van der Waals surface area contributed by atoms with Gasteiger partial charge in [0.15, 0.2) is 0 Å². The molecule has 0 saturated carbocycles. The quantitative estimate of drug-likeness (QED) is 0.691. The molecule has 0 aromatic carbocycles. The molecule has 0 radical (unpaired) electrons. The summed E-state index contributed by atoms with van der Waals surface area (Å²) in [5.41, 5.74) is -0.365. The summed E-state index contributed by atoms with van der Waals surface area (Å²) < 4.78 is 5.61. The van der Waals surface area contributed by atoms with Crippen LogP contribution in [0.25, 0.3) is 11.1 Å². The third-order valence-electron chi connectivity index (χ3n) is 1.66. The maximum atomic E-state index is 11.5. The van der Waals surface area contributed by atoms with Gasteiger partial charge in [-0.3, -0.25) is 14.2 Å². The zero-order valence-corrected chi connectivity index (χ0v) is 6.88. The van der Waals surface area contributed by atoms with Crippen molar-refractivity contribution in [3.63, 3.8) is 0 Å². The van der Waals surface area contributed by atoms with Gasteiger partial charge in [-0.2, -0.15) is 0 Å². The Bertz CT molecular complexity index is 541. The van der Waals surface area contributed by atoms with Crippen LogP contribution in [0.15, 0.2) is 21.8 Å². The molecule has 0 aliphatic carbocycles. The second kappa shape index (κ2) is 2.95. The molecule has 7 nitrogen and oxygen atoms in total. The number of nitrogens with zero attached hydrogens (tertiary/aromatic N) is 3. The first-order chi connectivity index (χ1) is 6.68. The predicted octanol–water partition coefficient (Wildman–Crippen LogP) is -0.531. The number of hydrogen-bond donors (Lipinski definition) is 1. The van der Waals surface area contributed by atoms with Gasteiger partial charge in [0.2, 0.25) is 0 Å². The molecule has 0 saturated heterocycles. The van der Waals surface area contributed by atoms with E-state index < -0.39 is 18.1 Å². The second-order valence-electron chi connectivity index (χ2n) is 2.62. The molecule has 0 fully saturated rings. The van der Waals surface area contributed by atoms with Gasteiger partial charge in [-0.05, 0) is 0 Å². The lowest BCUT2D eigenvalue weighted by molar-refractivity contribution is -0.137. The van der Waals surface area contributed by atoms with Gasteiger partial charge in [0, 0.05) is 0 Å². The lowest BCUT2D eigenvalue weighted by Crippen LogP contribution is -2.23. The van der Waals surface area contributed by atoms with Gasteiger partial charge >= 0.3 is 5.97 Å². The molecule has 0 aliphatic heterocycles. The number of aromatic nitrogens is 3. The molecule has 0 unspecified atom stereocenters. The second-order valence-corrected chi connectivity index (χ2v) is 2.62. The highest BCUT2D eigenvalue weighted by Gasteiger charge is 2.09. The van der Waals surface area contributed by atoms with Crippen molar-refractivity contribution in [2.45, 2.75) is 6.54 Å². The number of carboxylic acids is 1. The van der Waals surface area contributed by atoms with E-state index in [1.807, 2.05) is 0 Å². The Morgan fingerprint density at radius 2 is 2.43 bits per heavy atom. The molecule has 2 aromatic heterocycles. The van der Waals surface area contributed by atoms with E-state index in [1.165, 1.54) is 6.20 Å². The molecule has 2 aromatic rings. The van der Waals surface area contributed by atoms with Crippen LogP contribution in [0.1, 0.15) is 0 Å². The molecular formula is C7H5N3O4. The summed E-state index contributed by atoms with van der Waals surface area (Å²) in [6, 6.07) is 0. The van der Waals surface area contributed by atoms with Gasteiger partial charge in [-0.1, -0.05) is 5.16 Å². The monoisotopic (exact) mass is 195 g/mol. The Kier molecular flexibility index (Phi) is 1.77. The molecule has 0 amide bonds. The van der Waals surface area contributed by atoms with Crippen molar-refractivity contribution in [1.29, 1.82) is 0 Å². The van der Waals surface area contributed by atoms with Crippen LogP contribution in [-0.2, 0) is 11.3 Å². The standard InChI is InChI=1S/C7H5N3O4/c11-5(12)2-10-3-8-6-4(7(10)13)1-9-14-6/h1,3H,2H2,(H,11,12). The summed E-state index contributed by atoms with van der Waals surface area (Å²) in [5.74, 6) is -1.11. The summed E-state index contributed by atoms with van der Waals surface area (Å²) in [4.78, 5) is 25.6. The van der Waals surface area contributed by atoms with Crippen molar-refractivity contribution in [3.05, 3.63) is 22.9 Å². The third kappa shape index (κ3) is 1.24. The molecule has 14 heavy (non-hydrogen) atoms. The van der Waals surface area contributed by atoms with Crippen LogP contribution in [0.5, 0.6) is 0 Å². The number of rotatable bonds is 2. The van der Waals surface area contributed by atoms with E-state index in [0.717, 1.165) is 10.9 Å². The van der Waals surface area contributed by atoms with Crippen LogP contribution in [0.3, 0.4) is 0 Å². The van der Waals surface area contributed by atoms with E-state index in [4.69, 9.17) is 5.11 Å². The predicted molar refractivity (Wildman–Crippen MR) is 43.7 cm³/mol. The summed E-state index contributed by atoms with van der Waals surface area (Å²) in [6.07, 6.45) is 2.33. The van der Waals surface area contributed by atoms with Crippen LogP contribution in [0.4, 0.5) is 0 Å². The average Bonchev–Trinajstić information content (AvgIpc) is 2.57. The largest absolute Gasteiger partial charge is 0.480 e. The SMILES string of the molecule is O=C(O)Cn1cnc2oncc2c1=O. The van der Waals surface area contributed by atoms with Crippen LogP contribution in [0, 0.1) is 0 Å². The molecule has 7 heteroatoms. The van der Waals surface area contributed by atoms with Crippen molar-refractivity contribution >= 4 is 17.1 Å². The molecular weight excluding hydrogens is 190 g/mol. The van der Waals surface area contributed by atoms with Gasteiger partial charge in [-0.25, -0.2) is 4.98 Å². The minimum Gasteiger partial charge on any atom is -0.480 e. The Hall–Kier alpha value is -2.18. The number of carboxylic acid groups (broad SMARTS) is 1. The molecule has 0 aliphatic rings. The van der Waals surface area contributed by atoms with Gasteiger partial charge in [0.25, 0.3) is 11.3 Å². The lowest BCUT2D eigenvalue weighted by atomic mass is 10.4. The Balaban J connectivity index is 2.62. The highest BCUT2D eigenvalue weighted by molar-refractivity contribution is 5.71. The Morgan fingerprint density at radius 1 is 1.64 bits per heavy atom.